The zero-order valence-corrected chi connectivity index (χ0v) is 8.54. The van der Waals surface area contributed by atoms with Crippen molar-refractivity contribution in [1.82, 2.24) is 4.57 Å². The molecule has 0 aliphatic rings. The number of hydrogen-bond donors (Lipinski definition) is 0. The molecule has 0 fully saturated rings. The van der Waals surface area contributed by atoms with Crippen LogP contribution >= 0.6 is 11.6 Å². The lowest BCUT2D eigenvalue weighted by atomic mass is 10.2. The molecule has 2 aromatic rings. The minimum atomic E-state index is 0.538. The van der Waals surface area contributed by atoms with E-state index >= 15 is 0 Å². The van der Waals surface area contributed by atoms with Crippen molar-refractivity contribution in [2.24, 2.45) is 0 Å². The molecule has 0 spiro atoms. The maximum absolute atomic E-state index is 8.98. The number of hydrogen-bond acceptors (Lipinski definition) is 1. The monoisotopic (exact) mass is 204 g/mol. The number of nitrogens with zero attached hydrogens (tertiary/aromatic N) is 2. The van der Waals surface area contributed by atoms with Gasteiger partial charge in [0.05, 0.1) is 11.1 Å². The van der Waals surface area contributed by atoms with Gasteiger partial charge in [0.25, 0.3) is 0 Å². The summed E-state index contributed by atoms with van der Waals surface area (Å²) in [4.78, 5) is 0. The van der Waals surface area contributed by atoms with Crippen LogP contribution in [-0.4, -0.2) is 4.57 Å². The third-order valence-corrected chi connectivity index (χ3v) is 2.73. The second-order valence-electron chi connectivity index (χ2n) is 3.04. The predicted octanol–water partition coefficient (Wildman–Crippen LogP) is 3.19. The molecule has 1 aromatic heterocycles. The van der Waals surface area contributed by atoms with Gasteiger partial charge in [-0.2, -0.15) is 5.26 Å². The molecule has 0 amide bonds. The SMILES string of the molecule is CCn1c(Cl)c(C#N)c2ccccc21. The van der Waals surface area contributed by atoms with Gasteiger partial charge in [0.15, 0.2) is 0 Å². The summed E-state index contributed by atoms with van der Waals surface area (Å²) in [5, 5.41) is 10.4. The van der Waals surface area contributed by atoms with E-state index < -0.39 is 0 Å². The molecule has 2 nitrogen and oxygen atoms in total. The first-order valence-electron chi connectivity index (χ1n) is 4.46. The van der Waals surface area contributed by atoms with Crippen LogP contribution in [0.2, 0.25) is 5.15 Å². The summed E-state index contributed by atoms with van der Waals surface area (Å²) in [6.07, 6.45) is 0. The third-order valence-electron chi connectivity index (χ3n) is 2.34. The Morgan fingerprint density at radius 2 is 2.14 bits per heavy atom. The maximum Gasteiger partial charge on any atom is 0.128 e. The first-order valence-corrected chi connectivity index (χ1v) is 4.84. The lowest BCUT2D eigenvalue weighted by Crippen LogP contribution is -1.92. The Morgan fingerprint density at radius 1 is 1.43 bits per heavy atom. The van der Waals surface area contributed by atoms with Crippen LogP contribution in [0.25, 0.3) is 10.9 Å². The maximum atomic E-state index is 8.98. The minimum Gasteiger partial charge on any atom is -0.331 e. The Bertz CT molecular complexity index is 520. The summed E-state index contributed by atoms with van der Waals surface area (Å²) < 4.78 is 1.94. The fourth-order valence-corrected chi connectivity index (χ4v) is 2.04. The first kappa shape index (κ1) is 9.11. The molecule has 3 heteroatoms. The molecule has 1 heterocycles. The zero-order chi connectivity index (χ0) is 10.1. The molecule has 0 aliphatic carbocycles. The highest BCUT2D eigenvalue weighted by Gasteiger charge is 2.12. The van der Waals surface area contributed by atoms with Crippen LogP contribution in [0.3, 0.4) is 0 Å². The summed E-state index contributed by atoms with van der Waals surface area (Å²) >= 11 is 6.09. The largest absolute Gasteiger partial charge is 0.331 e. The molecule has 2 rings (SSSR count). The molecule has 70 valence electrons. The van der Waals surface area contributed by atoms with Crippen molar-refractivity contribution < 1.29 is 0 Å². The third kappa shape index (κ3) is 1.10. The van der Waals surface area contributed by atoms with Crippen LogP contribution < -0.4 is 0 Å². The molecule has 0 saturated carbocycles. The van der Waals surface area contributed by atoms with Crippen molar-refractivity contribution in [2.75, 3.05) is 0 Å². The smallest absolute Gasteiger partial charge is 0.128 e. The Balaban J connectivity index is 2.94. The molecule has 0 aliphatic heterocycles. The second kappa shape index (κ2) is 3.36. The van der Waals surface area contributed by atoms with E-state index in [1.54, 1.807) is 0 Å². The average molecular weight is 205 g/mol. The van der Waals surface area contributed by atoms with Crippen molar-refractivity contribution in [1.29, 1.82) is 5.26 Å². The number of fused-ring (bicyclic) bond motifs is 1. The van der Waals surface area contributed by atoms with Crippen LogP contribution in [0.5, 0.6) is 0 Å². The molecule has 14 heavy (non-hydrogen) atoms. The van der Waals surface area contributed by atoms with Gasteiger partial charge in [-0.3, -0.25) is 0 Å². The van der Waals surface area contributed by atoms with E-state index in [1.807, 2.05) is 35.8 Å². The van der Waals surface area contributed by atoms with Gasteiger partial charge < -0.3 is 4.57 Å². The van der Waals surface area contributed by atoms with Crippen molar-refractivity contribution in [3.8, 4) is 6.07 Å². The number of halogens is 1. The summed E-state index contributed by atoms with van der Waals surface area (Å²) in [7, 11) is 0. The molecule has 0 atom stereocenters. The number of benzene rings is 1. The number of rotatable bonds is 1. The molecule has 0 unspecified atom stereocenters. The lowest BCUT2D eigenvalue weighted by Gasteiger charge is -2.00. The van der Waals surface area contributed by atoms with Gasteiger partial charge in [-0.25, -0.2) is 0 Å². The predicted molar refractivity (Wildman–Crippen MR) is 57.3 cm³/mol. The molecule has 0 saturated heterocycles. The topological polar surface area (TPSA) is 28.7 Å². The van der Waals surface area contributed by atoms with E-state index in [-0.39, 0.29) is 0 Å². The number of aromatic nitrogens is 1. The van der Waals surface area contributed by atoms with Crippen molar-refractivity contribution >= 4 is 22.5 Å². The van der Waals surface area contributed by atoms with Gasteiger partial charge in [0, 0.05) is 11.9 Å². The van der Waals surface area contributed by atoms with E-state index in [1.165, 1.54) is 0 Å². The highest BCUT2D eigenvalue weighted by molar-refractivity contribution is 6.32. The Kier molecular flexibility index (Phi) is 2.18. The highest BCUT2D eigenvalue weighted by atomic mass is 35.5. The second-order valence-corrected chi connectivity index (χ2v) is 3.40. The molecule has 1 aromatic carbocycles. The Hall–Kier alpha value is -1.46. The first-order chi connectivity index (χ1) is 6.79. The molecule has 0 bridgehead atoms. The van der Waals surface area contributed by atoms with Gasteiger partial charge in [-0.05, 0) is 13.0 Å². The lowest BCUT2D eigenvalue weighted by molar-refractivity contribution is 0.797. The van der Waals surface area contributed by atoms with Crippen molar-refractivity contribution in [3.05, 3.63) is 35.0 Å². The van der Waals surface area contributed by atoms with Gasteiger partial charge in [0.1, 0.15) is 11.2 Å². The van der Waals surface area contributed by atoms with E-state index in [4.69, 9.17) is 16.9 Å². The van der Waals surface area contributed by atoms with E-state index in [0.717, 1.165) is 17.4 Å². The quantitative estimate of drug-likeness (QED) is 0.702. The van der Waals surface area contributed by atoms with Gasteiger partial charge in [-0.1, -0.05) is 29.8 Å². The van der Waals surface area contributed by atoms with Crippen LogP contribution in [-0.2, 0) is 6.54 Å². The Labute approximate surface area is 87.3 Å². The summed E-state index contributed by atoms with van der Waals surface area (Å²) in [6.45, 7) is 2.79. The van der Waals surface area contributed by atoms with E-state index in [0.29, 0.717) is 10.7 Å². The normalized spacial score (nSPS) is 10.4. The highest BCUT2D eigenvalue weighted by Crippen LogP contribution is 2.28. The summed E-state index contributed by atoms with van der Waals surface area (Å²) in [5.74, 6) is 0. The zero-order valence-electron chi connectivity index (χ0n) is 7.79. The molecular weight excluding hydrogens is 196 g/mol. The van der Waals surface area contributed by atoms with E-state index in [2.05, 4.69) is 6.07 Å². The summed E-state index contributed by atoms with van der Waals surface area (Å²) in [5.41, 5.74) is 1.60. The fraction of sp³-hybridized carbons (Fsp3) is 0.182. The van der Waals surface area contributed by atoms with Crippen LogP contribution in [0.1, 0.15) is 12.5 Å². The van der Waals surface area contributed by atoms with Crippen LogP contribution in [0.4, 0.5) is 0 Å². The molecular formula is C11H9ClN2. The van der Waals surface area contributed by atoms with Crippen molar-refractivity contribution in [3.63, 3.8) is 0 Å². The fourth-order valence-electron chi connectivity index (χ4n) is 1.69. The summed E-state index contributed by atoms with van der Waals surface area (Å²) in [6, 6.07) is 9.91. The van der Waals surface area contributed by atoms with Crippen LogP contribution in [0, 0.1) is 11.3 Å². The van der Waals surface area contributed by atoms with Crippen LogP contribution in [0.15, 0.2) is 24.3 Å². The van der Waals surface area contributed by atoms with Crippen molar-refractivity contribution in [2.45, 2.75) is 13.5 Å². The number of nitriles is 1. The number of aryl methyl sites for hydroxylation is 1. The molecule has 0 N–H and O–H groups in total. The van der Waals surface area contributed by atoms with E-state index in [9.17, 15) is 0 Å². The minimum absolute atomic E-state index is 0.538. The standard InChI is InChI=1S/C11H9ClN2/c1-2-14-10-6-4-3-5-8(10)9(7-13)11(14)12/h3-6H,2H2,1H3. The van der Waals surface area contributed by atoms with Gasteiger partial charge >= 0.3 is 0 Å². The average Bonchev–Trinajstić information content (AvgIpc) is 2.49. The van der Waals surface area contributed by atoms with Gasteiger partial charge in [0.2, 0.25) is 0 Å². The van der Waals surface area contributed by atoms with Gasteiger partial charge in [-0.15, -0.1) is 0 Å². The Morgan fingerprint density at radius 3 is 2.79 bits per heavy atom. The molecule has 0 radical (unpaired) electrons. The number of para-hydroxylation sites is 1.